The molecule has 0 spiro atoms. The number of rotatable bonds is 4. The first-order valence-electron chi connectivity index (χ1n) is 6.36. The Labute approximate surface area is 132 Å². The molecule has 1 atom stereocenters. The highest BCUT2D eigenvalue weighted by atomic mass is 35.5. The van der Waals surface area contributed by atoms with Crippen LogP contribution in [0, 0.1) is 12.8 Å². The molecule has 1 N–H and O–H groups in total. The summed E-state index contributed by atoms with van der Waals surface area (Å²) in [6.07, 6.45) is 0.902. The Morgan fingerprint density at radius 3 is 2.75 bits per heavy atom. The van der Waals surface area contributed by atoms with Crippen LogP contribution in [-0.4, -0.2) is 39.4 Å². The summed E-state index contributed by atoms with van der Waals surface area (Å²) in [7, 11) is -1.52. The van der Waals surface area contributed by atoms with E-state index in [-0.39, 0.29) is 17.3 Å². The molecule has 0 saturated carbocycles. The SMILES string of the molecule is CNCC1CCN(S(=O)(=O)c2ccc(C)c(Cl)c2)C1.Cl. The maximum atomic E-state index is 12.5. The first kappa shape index (κ1) is 17.7. The monoisotopic (exact) mass is 338 g/mol. The van der Waals surface area contributed by atoms with Crippen LogP contribution in [0.25, 0.3) is 0 Å². The molecule has 1 unspecified atom stereocenters. The quantitative estimate of drug-likeness (QED) is 0.916. The van der Waals surface area contributed by atoms with Gasteiger partial charge in [-0.3, -0.25) is 0 Å². The van der Waals surface area contributed by atoms with E-state index in [1.165, 1.54) is 6.07 Å². The third-order valence-electron chi connectivity index (χ3n) is 3.52. The van der Waals surface area contributed by atoms with Crippen molar-refractivity contribution in [2.75, 3.05) is 26.7 Å². The van der Waals surface area contributed by atoms with Crippen LogP contribution < -0.4 is 5.32 Å². The minimum absolute atomic E-state index is 0. The Hall–Kier alpha value is -0.330. The van der Waals surface area contributed by atoms with E-state index in [0.29, 0.717) is 24.0 Å². The van der Waals surface area contributed by atoms with Crippen LogP contribution in [0.1, 0.15) is 12.0 Å². The lowest BCUT2D eigenvalue weighted by molar-refractivity contribution is 0.451. The van der Waals surface area contributed by atoms with Crippen molar-refractivity contribution in [3.05, 3.63) is 28.8 Å². The second-order valence-electron chi connectivity index (χ2n) is 4.99. The molecule has 1 saturated heterocycles. The van der Waals surface area contributed by atoms with Gasteiger partial charge < -0.3 is 5.32 Å². The van der Waals surface area contributed by atoms with Gasteiger partial charge in [-0.2, -0.15) is 4.31 Å². The first-order chi connectivity index (χ1) is 8.95. The van der Waals surface area contributed by atoms with Crippen molar-refractivity contribution in [3.63, 3.8) is 0 Å². The molecule has 4 nitrogen and oxygen atoms in total. The van der Waals surface area contributed by atoms with Crippen LogP contribution in [0.4, 0.5) is 0 Å². The Bertz CT molecular complexity index is 563. The summed E-state index contributed by atoms with van der Waals surface area (Å²) in [6, 6.07) is 4.91. The number of hydrogen-bond acceptors (Lipinski definition) is 3. The number of nitrogens with zero attached hydrogens (tertiary/aromatic N) is 1. The Kier molecular flexibility index (Phi) is 6.28. The zero-order valence-corrected chi connectivity index (χ0v) is 14.0. The van der Waals surface area contributed by atoms with Gasteiger partial charge in [0.25, 0.3) is 0 Å². The standard InChI is InChI=1S/C13H19ClN2O2S.ClH/c1-10-3-4-12(7-13(10)14)19(17,18)16-6-5-11(9-16)8-15-2;/h3-4,7,11,15H,5-6,8-9H2,1-2H3;1H. The second kappa shape index (κ2) is 7.09. The Balaban J connectivity index is 0.00000200. The predicted molar refractivity (Wildman–Crippen MR) is 84.2 cm³/mol. The van der Waals surface area contributed by atoms with Crippen molar-refractivity contribution in [2.24, 2.45) is 5.92 Å². The molecule has 0 amide bonds. The van der Waals surface area contributed by atoms with Crippen LogP contribution in [0.15, 0.2) is 23.1 Å². The maximum absolute atomic E-state index is 12.5. The summed E-state index contributed by atoms with van der Waals surface area (Å²) in [5.41, 5.74) is 0.884. The van der Waals surface area contributed by atoms with Gasteiger partial charge in [-0.25, -0.2) is 8.42 Å². The van der Waals surface area contributed by atoms with Crippen LogP contribution >= 0.6 is 24.0 Å². The van der Waals surface area contributed by atoms with Gasteiger partial charge in [-0.1, -0.05) is 17.7 Å². The van der Waals surface area contributed by atoms with E-state index in [2.05, 4.69) is 5.32 Å². The maximum Gasteiger partial charge on any atom is 0.243 e. The van der Waals surface area contributed by atoms with Crippen molar-refractivity contribution in [3.8, 4) is 0 Å². The zero-order chi connectivity index (χ0) is 14.0. The lowest BCUT2D eigenvalue weighted by Gasteiger charge is -2.17. The van der Waals surface area contributed by atoms with E-state index in [4.69, 9.17) is 11.6 Å². The topological polar surface area (TPSA) is 49.4 Å². The molecule has 1 aliphatic rings. The molecule has 1 aromatic carbocycles. The molecule has 1 fully saturated rings. The van der Waals surface area contributed by atoms with Crippen molar-refractivity contribution < 1.29 is 8.42 Å². The van der Waals surface area contributed by atoms with Gasteiger partial charge in [0.1, 0.15) is 0 Å². The average molecular weight is 339 g/mol. The molecule has 0 bridgehead atoms. The van der Waals surface area contributed by atoms with Crippen molar-refractivity contribution >= 4 is 34.0 Å². The number of hydrogen-bond donors (Lipinski definition) is 1. The molecular formula is C13H20Cl2N2O2S. The number of benzene rings is 1. The molecular weight excluding hydrogens is 319 g/mol. The van der Waals surface area contributed by atoms with E-state index < -0.39 is 10.0 Å². The first-order valence-corrected chi connectivity index (χ1v) is 8.18. The van der Waals surface area contributed by atoms with E-state index in [9.17, 15) is 8.42 Å². The molecule has 0 aliphatic carbocycles. The number of halogens is 2. The number of nitrogens with one attached hydrogen (secondary N) is 1. The molecule has 0 radical (unpaired) electrons. The van der Waals surface area contributed by atoms with Gasteiger partial charge in [-0.15, -0.1) is 12.4 Å². The highest BCUT2D eigenvalue weighted by Crippen LogP contribution is 2.26. The molecule has 0 aromatic heterocycles. The third kappa shape index (κ3) is 3.65. The fourth-order valence-corrected chi connectivity index (χ4v) is 4.16. The normalized spacial score (nSPS) is 19.9. The van der Waals surface area contributed by atoms with E-state index in [1.807, 2.05) is 14.0 Å². The lowest BCUT2D eigenvalue weighted by Crippen LogP contribution is -2.30. The molecule has 2 rings (SSSR count). The smallest absolute Gasteiger partial charge is 0.243 e. The van der Waals surface area contributed by atoms with Gasteiger partial charge >= 0.3 is 0 Å². The highest BCUT2D eigenvalue weighted by molar-refractivity contribution is 7.89. The van der Waals surface area contributed by atoms with E-state index >= 15 is 0 Å². The van der Waals surface area contributed by atoms with Crippen LogP contribution in [-0.2, 0) is 10.0 Å². The minimum Gasteiger partial charge on any atom is -0.319 e. The van der Waals surface area contributed by atoms with Crippen molar-refractivity contribution in [1.82, 2.24) is 9.62 Å². The van der Waals surface area contributed by atoms with Crippen LogP contribution in [0.3, 0.4) is 0 Å². The summed E-state index contributed by atoms with van der Waals surface area (Å²) in [6.45, 7) is 3.87. The summed E-state index contributed by atoms with van der Waals surface area (Å²) in [5, 5.41) is 3.59. The summed E-state index contributed by atoms with van der Waals surface area (Å²) in [4.78, 5) is 0.285. The number of sulfonamides is 1. The summed E-state index contributed by atoms with van der Waals surface area (Å²) in [5.74, 6) is 0.390. The number of aryl methyl sites for hydroxylation is 1. The summed E-state index contributed by atoms with van der Waals surface area (Å²) >= 11 is 6.01. The van der Waals surface area contributed by atoms with Gasteiger partial charge in [0.2, 0.25) is 10.0 Å². The fraction of sp³-hybridized carbons (Fsp3) is 0.538. The molecule has 1 aliphatic heterocycles. The van der Waals surface area contributed by atoms with Gasteiger partial charge in [0.15, 0.2) is 0 Å². The minimum atomic E-state index is -3.41. The zero-order valence-electron chi connectivity index (χ0n) is 11.6. The second-order valence-corrected chi connectivity index (χ2v) is 7.33. The van der Waals surface area contributed by atoms with E-state index in [1.54, 1.807) is 16.4 Å². The van der Waals surface area contributed by atoms with Crippen LogP contribution in [0.5, 0.6) is 0 Å². The molecule has 1 heterocycles. The summed E-state index contributed by atoms with van der Waals surface area (Å²) < 4.78 is 26.5. The fourth-order valence-electron chi connectivity index (χ4n) is 2.35. The van der Waals surface area contributed by atoms with Gasteiger partial charge in [0, 0.05) is 18.1 Å². The van der Waals surface area contributed by atoms with E-state index in [0.717, 1.165) is 18.5 Å². The predicted octanol–water partition coefficient (Wildman–Crippen LogP) is 2.30. The van der Waals surface area contributed by atoms with Crippen molar-refractivity contribution in [2.45, 2.75) is 18.2 Å². The molecule has 114 valence electrons. The Morgan fingerprint density at radius 2 is 2.15 bits per heavy atom. The largest absolute Gasteiger partial charge is 0.319 e. The van der Waals surface area contributed by atoms with Gasteiger partial charge in [0.05, 0.1) is 4.90 Å². The lowest BCUT2D eigenvalue weighted by atomic mass is 10.1. The third-order valence-corrected chi connectivity index (χ3v) is 5.79. The van der Waals surface area contributed by atoms with Gasteiger partial charge in [-0.05, 0) is 50.6 Å². The average Bonchev–Trinajstić information content (AvgIpc) is 2.82. The Morgan fingerprint density at radius 1 is 1.45 bits per heavy atom. The molecule has 7 heteroatoms. The van der Waals surface area contributed by atoms with Crippen LogP contribution in [0.2, 0.25) is 5.02 Å². The molecule has 20 heavy (non-hydrogen) atoms. The highest BCUT2D eigenvalue weighted by Gasteiger charge is 2.32. The van der Waals surface area contributed by atoms with Crippen molar-refractivity contribution in [1.29, 1.82) is 0 Å². The molecule has 1 aromatic rings.